The minimum Gasteiger partial charge on any atom is -0.383 e. The van der Waals surface area contributed by atoms with Gasteiger partial charge in [0, 0.05) is 32.3 Å². The van der Waals surface area contributed by atoms with E-state index in [9.17, 15) is 13.2 Å². The van der Waals surface area contributed by atoms with Crippen LogP contribution in [-0.4, -0.2) is 51.7 Å². The first kappa shape index (κ1) is 20.6. The molecular weight excluding hydrogens is 328 g/mol. The summed E-state index contributed by atoms with van der Waals surface area (Å²) < 4.78 is 29.7. The summed E-state index contributed by atoms with van der Waals surface area (Å²) in [6.07, 6.45) is 1.24. The van der Waals surface area contributed by atoms with Gasteiger partial charge < -0.3 is 10.1 Å². The Balaban J connectivity index is 2.76. The van der Waals surface area contributed by atoms with Gasteiger partial charge in [-0.25, -0.2) is 8.42 Å². The van der Waals surface area contributed by atoms with Crippen LogP contribution in [0, 0.1) is 6.92 Å². The summed E-state index contributed by atoms with van der Waals surface area (Å²) in [5.41, 5.74) is 2.89. The van der Waals surface area contributed by atoms with Crippen molar-refractivity contribution in [2.75, 3.05) is 38.4 Å². The van der Waals surface area contributed by atoms with Crippen molar-refractivity contribution in [1.29, 1.82) is 0 Å². The zero-order valence-electron chi connectivity index (χ0n) is 15.1. The Kier molecular flexibility index (Phi) is 7.86. The number of ether oxygens (including phenoxy) is 1. The van der Waals surface area contributed by atoms with Crippen molar-refractivity contribution in [3.05, 3.63) is 29.3 Å². The maximum Gasteiger partial charge on any atom is 0.225 e. The van der Waals surface area contributed by atoms with E-state index in [1.165, 1.54) is 11.4 Å². The number of nitrogens with zero attached hydrogens (tertiary/aromatic N) is 1. The molecule has 7 heteroatoms. The van der Waals surface area contributed by atoms with Gasteiger partial charge in [-0.15, -0.1) is 0 Å². The molecule has 0 spiro atoms. The van der Waals surface area contributed by atoms with Crippen LogP contribution in [-0.2, 0) is 19.6 Å². The predicted octanol–water partition coefficient (Wildman–Crippen LogP) is 2.36. The summed E-state index contributed by atoms with van der Waals surface area (Å²) >= 11 is 0. The second kappa shape index (κ2) is 9.15. The Labute approximate surface area is 145 Å². The van der Waals surface area contributed by atoms with Crippen molar-refractivity contribution in [2.24, 2.45) is 0 Å². The third-order valence-electron chi connectivity index (χ3n) is 3.79. The minimum atomic E-state index is -3.36. The topological polar surface area (TPSA) is 75.7 Å². The predicted molar refractivity (Wildman–Crippen MR) is 96.8 cm³/mol. The SMILES string of the molecule is COCCN(CCC(=O)Nc1c(C)cccc1C(C)C)S(C)(=O)=O. The summed E-state index contributed by atoms with van der Waals surface area (Å²) in [5, 5.41) is 2.93. The first-order valence-corrected chi connectivity index (χ1v) is 9.85. The molecule has 1 rings (SSSR count). The van der Waals surface area contributed by atoms with Crippen molar-refractivity contribution in [2.45, 2.75) is 33.1 Å². The number of carbonyl (C=O) groups excluding carboxylic acids is 1. The van der Waals surface area contributed by atoms with Crippen LogP contribution in [0.3, 0.4) is 0 Å². The number of nitrogens with one attached hydrogen (secondary N) is 1. The quantitative estimate of drug-likeness (QED) is 0.737. The van der Waals surface area contributed by atoms with Crippen LogP contribution in [0.5, 0.6) is 0 Å². The van der Waals surface area contributed by atoms with Gasteiger partial charge >= 0.3 is 0 Å². The van der Waals surface area contributed by atoms with E-state index in [0.717, 1.165) is 23.1 Å². The van der Waals surface area contributed by atoms with Crippen molar-refractivity contribution in [1.82, 2.24) is 4.31 Å². The Bertz CT molecular complexity index is 657. The Morgan fingerprint density at radius 2 is 1.96 bits per heavy atom. The highest BCUT2D eigenvalue weighted by Gasteiger charge is 2.18. The van der Waals surface area contributed by atoms with E-state index in [4.69, 9.17) is 4.74 Å². The number of carbonyl (C=O) groups is 1. The number of hydrogen-bond acceptors (Lipinski definition) is 4. The molecule has 1 aromatic carbocycles. The number of amides is 1. The number of rotatable bonds is 9. The summed E-state index contributed by atoms with van der Waals surface area (Å²) in [7, 11) is -1.85. The number of methoxy groups -OCH3 is 1. The lowest BCUT2D eigenvalue weighted by Crippen LogP contribution is -2.35. The molecule has 136 valence electrons. The van der Waals surface area contributed by atoms with Gasteiger partial charge in [-0.05, 0) is 24.0 Å². The number of aryl methyl sites for hydroxylation is 1. The van der Waals surface area contributed by atoms with Crippen LogP contribution in [0.2, 0.25) is 0 Å². The van der Waals surface area contributed by atoms with E-state index in [2.05, 4.69) is 19.2 Å². The van der Waals surface area contributed by atoms with Gasteiger partial charge in [-0.1, -0.05) is 32.0 Å². The first-order valence-electron chi connectivity index (χ1n) is 8.00. The molecule has 24 heavy (non-hydrogen) atoms. The largest absolute Gasteiger partial charge is 0.383 e. The molecule has 1 amide bonds. The van der Waals surface area contributed by atoms with Crippen molar-refractivity contribution < 1.29 is 17.9 Å². The molecule has 0 radical (unpaired) electrons. The van der Waals surface area contributed by atoms with Gasteiger partial charge in [0.2, 0.25) is 15.9 Å². The highest BCUT2D eigenvalue weighted by Crippen LogP contribution is 2.27. The van der Waals surface area contributed by atoms with Crippen molar-refractivity contribution in [3.8, 4) is 0 Å². The van der Waals surface area contributed by atoms with Crippen LogP contribution in [0.4, 0.5) is 5.69 Å². The lowest BCUT2D eigenvalue weighted by molar-refractivity contribution is -0.116. The summed E-state index contributed by atoms with van der Waals surface area (Å²) in [4.78, 5) is 12.3. The number of hydrogen-bond donors (Lipinski definition) is 1. The molecule has 0 heterocycles. The van der Waals surface area contributed by atoms with E-state index in [1.807, 2.05) is 25.1 Å². The zero-order chi connectivity index (χ0) is 18.3. The molecular formula is C17H28N2O4S. The molecule has 0 atom stereocenters. The summed E-state index contributed by atoms with van der Waals surface area (Å²) in [6.45, 7) is 6.76. The fraction of sp³-hybridized carbons (Fsp3) is 0.588. The minimum absolute atomic E-state index is 0.0999. The number of para-hydroxylation sites is 1. The van der Waals surface area contributed by atoms with Crippen molar-refractivity contribution >= 4 is 21.6 Å². The van der Waals surface area contributed by atoms with Crippen molar-refractivity contribution in [3.63, 3.8) is 0 Å². The van der Waals surface area contributed by atoms with E-state index < -0.39 is 10.0 Å². The average molecular weight is 356 g/mol. The summed E-state index contributed by atoms with van der Waals surface area (Å²) in [5.74, 6) is 0.0895. The highest BCUT2D eigenvalue weighted by atomic mass is 32.2. The molecule has 6 nitrogen and oxygen atoms in total. The van der Waals surface area contributed by atoms with Crippen LogP contribution >= 0.6 is 0 Å². The van der Waals surface area contributed by atoms with E-state index in [0.29, 0.717) is 6.61 Å². The smallest absolute Gasteiger partial charge is 0.225 e. The number of benzene rings is 1. The molecule has 0 saturated heterocycles. The Morgan fingerprint density at radius 3 is 2.50 bits per heavy atom. The standard InChI is InChI=1S/C17H28N2O4S/c1-13(2)15-8-6-7-14(3)17(15)18-16(20)9-10-19(11-12-23-4)24(5,21)22/h6-8,13H,9-12H2,1-5H3,(H,18,20). The molecule has 0 aliphatic rings. The normalized spacial score (nSPS) is 12.0. The average Bonchev–Trinajstić information content (AvgIpc) is 2.47. The molecule has 1 aromatic rings. The fourth-order valence-electron chi connectivity index (χ4n) is 2.41. The first-order chi connectivity index (χ1) is 11.2. The molecule has 0 aliphatic carbocycles. The van der Waals surface area contributed by atoms with Crippen LogP contribution in [0.25, 0.3) is 0 Å². The third-order valence-corrected chi connectivity index (χ3v) is 5.10. The van der Waals surface area contributed by atoms with Gasteiger partial charge in [0.25, 0.3) is 0 Å². The van der Waals surface area contributed by atoms with Crippen LogP contribution < -0.4 is 5.32 Å². The Hall–Kier alpha value is -1.44. The second-order valence-electron chi connectivity index (χ2n) is 6.15. The molecule has 0 fully saturated rings. The number of sulfonamides is 1. The molecule has 0 unspecified atom stereocenters. The maximum absolute atomic E-state index is 12.3. The molecule has 1 N–H and O–H groups in total. The molecule has 0 aliphatic heterocycles. The van der Waals surface area contributed by atoms with Gasteiger partial charge in [0.1, 0.15) is 0 Å². The van der Waals surface area contributed by atoms with E-state index in [-0.39, 0.29) is 31.3 Å². The van der Waals surface area contributed by atoms with E-state index in [1.54, 1.807) is 0 Å². The van der Waals surface area contributed by atoms with E-state index >= 15 is 0 Å². The van der Waals surface area contributed by atoms with Gasteiger partial charge in [0.05, 0.1) is 12.9 Å². The van der Waals surface area contributed by atoms with Gasteiger partial charge in [-0.3, -0.25) is 4.79 Å². The van der Waals surface area contributed by atoms with Gasteiger partial charge in [0.15, 0.2) is 0 Å². The summed E-state index contributed by atoms with van der Waals surface area (Å²) in [6, 6.07) is 5.91. The lowest BCUT2D eigenvalue weighted by atomic mass is 9.98. The maximum atomic E-state index is 12.3. The zero-order valence-corrected chi connectivity index (χ0v) is 15.9. The Morgan fingerprint density at radius 1 is 1.29 bits per heavy atom. The molecule has 0 aromatic heterocycles. The molecule has 0 bridgehead atoms. The number of anilines is 1. The third kappa shape index (κ3) is 6.22. The second-order valence-corrected chi connectivity index (χ2v) is 8.13. The fourth-order valence-corrected chi connectivity index (χ4v) is 3.24. The van der Waals surface area contributed by atoms with Gasteiger partial charge in [-0.2, -0.15) is 4.31 Å². The van der Waals surface area contributed by atoms with Crippen LogP contribution in [0.1, 0.15) is 37.3 Å². The molecule has 0 saturated carbocycles. The highest BCUT2D eigenvalue weighted by molar-refractivity contribution is 7.88. The monoisotopic (exact) mass is 356 g/mol. The van der Waals surface area contributed by atoms with Crippen LogP contribution in [0.15, 0.2) is 18.2 Å². The lowest BCUT2D eigenvalue weighted by Gasteiger charge is -2.20.